The number of ether oxygens (including phenoxy) is 1. The highest BCUT2D eigenvalue weighted by atomic mass is 79.9. The van der Waals surface area contributed by atoms with Crippen molar-refractivity contribution in [1.29, 1.82) is 0 Å². The summed E-state index contributed by atoms with van der Waals surface area (Å²) in [6.07, 6.45) is 6.71. The van der Waals surface area contributed by atoms with Gasteiger partial charge < -0.3 is 10.1 Å². The Morgan fingerprint density at radius 1 is 1.48 bits per heavy atom. The summed E-state index contributed by atoms with van der Waals surface area (Å²) in [5.41, 5.74) is 0.791. The van der Waals surface area contributed by atoms with Crippen LogP contribution in [0.3, 0.4) is 0 Å². The molecule has 1 aromatic carbocycles. The Hall–Kier alpha value is -0.450. The van der Waals surface area contributed by atoms with Crippen LogP contribution in [0.25, 0.3) is 0 Å². The molecule has 0 aliphatic carbocycles. The fraction of sp³-hybridized carbons (Fsp3) is 0.647. The molecule has 2 unspecified atom stereocenters. The normalized spacial score (nSPS) is 19.9. The minimum atomic E-state index is -0.121. The van der Waals surface area contributed by atoms with Crippen LogP contribution in [0, 0.1) is 5.82 Å². The summed E-state index contributed by atoms with van der Waals surface area (Å²) in [5.74, 6) is -0.121. The lowest BCUT2D eigenvalue weighted by atomic mass is 9.99. The Balaban J connectivity index is 1.90. The van der Waals surface area contributed by atoms with Gasteiger partial charge in [-0.2, -0.15) is 0 Å². The van der Waals surface area contributed by atoms with E-state index < -0.39 is 0 Å². The van der Waals surface area contributed by atoms with E-state index in [4.69, 9.17) is 4.74 Å². The predicted molar refractivity (Wildman–Crippen MR) is 88.1 cm³/mol. The van der Waals surface area contributed by atoms with Crippen LogP contribution in [0.4, 0.5) is 4.39 Å². The van der Waals surface area contributed by atoms with Gasteiger partial charge in [-0.15, -0.1) is 0 Å². The van der Waals surface area contributed by atoms with Crippen LogP contribution >= 0.6 is 15.9 Å². The number of hydrogen-bond donors (Lipinski definition) is 1. The molecule has 2 rings (SSSR count). The van der Waals surface area contributed by atoms with E-state index in [-0.39, 0.29) is 5.82 Å². The third-order valence-electron chi connectivity index (χ3n) is 4.03. The Labute approximate surface area is 135 Å². The molecule has 0 saturated carbocycles. The maximum absolute atomic E-state index is 14.0. The lowest BCUT2D eigenvalue weighted by Crippen LogP contribution is -2.33. The lowest BCUT2D eigenvalue weighted by Gasteiger charge is -2.20. The fourth-order valence-electron chi connectivity index (χ4n) is 2.84. The molecule has 118 valence electrons. The second-order valence-electron chi connectivity index (χ2n) is 5.80. The molecular weight excluding hydrogens is 333 g/mol. The van der Waals surface area contributed by atoms with Crippen molar-refractivity contribution < 1.29 is 9.13 Å². The molecule has 2 atom stereocenters. The first-order chi connectivity index (χ1) is 10.2. The zero-order valence-corrected chi connectivity index (χ0v) is 14.3. The van der Waals surface area contributed by atoms with Gasteiger partial charge in [0.1, 0.15) is 5.82 Å². The van der Waals surface area contributed by atoms with Gasteiger partial charge in [-0.3, -0.25) is 0 Å². The van der Waals surface area contributed by atoms with E-state index in [0.717, 1.165) is 48.9 Å². The Bertz CT molecular complexity index is 435. The third-order valence-corrected chi connectivity index (χ3v) is 4.52. The summed E-state index contributed by atoms with van der Waals surface area (Å²) < 4.78 is 20.5. The van der Waals surface area contributed by atoms with E-state index in [9.17, 15) is 4.39 Å². The number of hydrogen-bond acceptors (Lipinski definition) is 2. The highest BCUT2D eigenvalue weighted by Gasteiger charge is 2.18. The van der Waals surface area contributed by atoms with E-state index >= 15 is 0 Å². The smallest absolute Gasteiger partial charge is 0.127 e. The summed E-state index contributed by atoms with van der Waals surface area (Å²) in [5, 5.41) is 3.55. The number of halogens is 2. The van der Waals surface area contributed by atoms with Crippen molar-refractivity contribution in [3.05, 3.63) is 34.1 Å². The van der Waals surface area contributed by atoms with E-state index in [2.05, 4.69) is 28.2 Å². The van der Waals surface area contributed by atoms with Crippen molar-refractivity contribution in [1.82, 2.24) is 5.32 Å². The van der Waals surface area contributed by atoms with Crippen molar-refractivity contribution >= 4 is 15.9 Å². The lowest BCUT2D eigenvalue weighted by molar-refractivity contribution is 0.0995. The van der Waals surface area contributed by atoms with Gasteiger partial charge in [0.05, 0.1) is 6.10 Å². The zero-order valence-electron chi connectivity index (χ0n) is 12.7. The van der Waals surface area contributed by atoms with Gasteiger partial charge in [-0.25, -0.2) is 4.39 Å². The first-order valence-corrected chi connectivity index (χ1v) is 8.77. The second-order valence-corrected chi connectivity index (χ2v) is 6.72. The Morgan fingerprint density at radius 3 is 3.00 bits per heavy atom. The van der Waals surface area contributed by atoms with E-state index in [1.54, 1.807) is 6.07 Å². The van der Waals surface area contributed by atoms with Crippen molar-refractivity contribution in [3.8, 4) is 0 Å². The van der Waals surface area contributed by atoms with Crippen molar-refractivity contribution in [2.75, 3.05) is 13.2 Å². The quantitative estimate of drug-likeness (QED) is 0.741. The highest BCUT2D eigenvalue weighted by Crippen LogP contribution is 2.21. The molecular formula is C17H25BrFNO. The molecule has 1 N–H and O–H groups in total. The fourth-order valence-corrected chi connectivity index (χ4v) is 3.17. The van der Waals surface area contributed by atoms with E-state index in [1.165, 1.54) is 12.8 Å². The largest absolute Gasteiger partial charge is 0.378 e. The van der Waals surface area contributed by atoms with Gasteiger partial charge in [0.25, 0.3) is 0 Å². The summed E-state index contributed by atoms with van der Waals surface area (Å²) in [7, 11) is 0. The molecule has 1 aliphatic heterocycles. The highest BCUT2D eigenvalue weighted by molar-refractivity contribution is 9.10. The van der Waals surface area contributed by atoms with E-state index in [1.807, 2.05) is 12.1 Å². The van der Waals surface area contributed by atoms with Gasteiger partial charge in [0, 0.05) is 17.1 Å². The minimum absolute atomic E-state index is 0.121. The van der Waals surface area contributed by atoms with Crippen molar-refractivity contribution in [3.63, 3.8) is 0 Å². The maximum atomic E-state index is 14.0. The van der Waals surface area contributed by atoms with Gasteiger partial charge in [-0.1, -0.05) is 28.9 Å². The molecule has 0 spiro atoms. The second kappa shape index (κ2) is 8.86. The first kappa shape index (κ1) is 16.9. The Morgan fingerprint density at radius 2 is 2.33 bits per heavy atom. The van der Waals surface area contributed by atoms with Crippen LogP contribution < -0.4 is 5.32 Å². The average Bonchev–Trinajstić information content (AvgIpc) is 2.97. The average molecular weight is 358 g/mol. The predicted octanol–water partition coefficient (Wildman–Crippen LogP) is 4.46. The molecule has 1 fully saturated rings. The number of benzene rings is 1. The Kier molecular flexibility index (Phi) is 7.14. The van der Waals surface area contributed by atoms with Gasteiger partial charge >= 0.3 is 0 Å². The summed E-state index contributed by atoms with van der Waals surface area (Å²) in [6.45, 7) is 4.04. The molecule has 4 heteroatoms. The summed E-state index contributed by atoms with van der Waals surface area (Å²) in [6, 6.07) is 5.66. The summed E-state index contributed by atoms with van der Waals surface area (Å²) >= 11 is 3.31. The molecule has 0 aromatic heterocycles. The SMILES string of the molecule is CCCNC(CCC1CCCO1)Cc1ccc(Br)cc1F. The maximum Gasteiger partial charge on any atom is 0.127 e. The molecule has 1 saturated heterocycles. The summed E-state index contributed by atoms with van der Waals surface area (Å²) in [4.78, 5) is 0. The molecule has 0 radical (unpaired) electrons. The molecule has 1 aliphatic rings. The molecule has 0 bridgehead atoms. The zero-order chi connectivity index (χ0) is 15.1. The molecule has 21 heavy (non-hydrogen) atoms. The molecule has 1 aromatic rings. The molecule has 1 heterocycles. The number of nitrogens with one attached hydrogen (secondary N) is 1. The first-order valence-electron chi connectivity index (χ1n) is 7.98. The molecule has 2 nitrogen and oxygen atoms in total. The minimum Gasteiger partial charge on any atom is -0.378 e. The van der Waals surface area contributed by atoms with Crippen LogP contribution in [0.5, 0.6) is 0 Å². The van der Waals surface area contributed by atoms with Crippen LogP contribution in [-0.2, 0) is 11.2 Å². The topological polar surface area (TPSA) is 21.3 Å². The van der Waals surface area contributed by atoms with Crippen LogP contribution in [0.2, 0.25) is 0 Å². The monoisotopic (exact) mass is 357 g/mol. The van der Waals surface area contributed by atoms with Crippen molar-refractivity contribution in [2.45, 2.75) is 57.6 Å². The third kappa shape index (κ3) is 5.68. The van der Waals surface area contributed by atoms with Gasteiger partial charge in [-0.05, 0) is 62.8 Å². The number of rotatable bonds is 8. The van der Waals surface area contributed by atoms with Crippen molar-refractivity contribution in [2.24, 2.45) is 0 Å². The van der Waals surface area contributed by atoms with Gasteiger partial charge in [0.15, 0.2) is 0 Å². The van der Waals surface area contributed by atoms with Crippen LogP contribution in [-0.4, -0.2) is 25.3 Å². The molecule has 0 amide bonds. The van der Waals surface area contributed by atoms with Gasteiger partial charge in [0.2, 0.25) is 0 Å². The van der Waals surface area contributed by atoms with Crippen LogP contribution in [0.15, 0.2) is 22.7 Å². The van der Waals surface area contributed by atoms with Crippen LogP contribution in [0.1, 0.15) is 44.6 Å². The van der Waals surface area contributed by atoms with E-state index in [0.29, 0.717) is 12.1 Å². The standard InChI is InChI=1S/C17H25BrFNO/c1-2-9-20-15(7-8-16-4-3-10-21-16)11-13-5-6-14(18)12-17(13)19/h5-6,12,15-16,20H,2-4,7-11H2,1H3.